The van der Waals surface area contributed by atoms with Crippen molar-refractivity contribution in [3.63, 3.8) is 0 Å². The van der Waals surface area contributed by atoms with E-state index in [9.17, 15) is 57.0 Å². The van der Waals surface area contributed by atoms with E-state index in [4.69, 9.17) is 14.0 Å². The second-order valence-electron chi connectivity index (χ2n) is 10.3. The van der Waals surface area contributed by atoms with E-state index < -0.39 is 94.4 Å². The first-order chi connectivity index (χ1) is 23.0. The number of rotatable bonds is 27. The van der Waals surface area contributed by atoms with Crippen molar-refractivity contribution in [2.45, 2.75) is 70.5 Å². The first-order valence-corrected chi connectivity index (χ1v) is 16.8. The summed E-state index contributed by atoms with van der Waals surface area (Å²) in [6, 6.07) is -4.75. The van der Waals surface area contributed by atoms with Gasteiger partial charge < -0.3 is 51.6 Å². The Bertz CT molecular complexity index is 1250. The molecular formula is C27H46N6O15S. The Morgan fingerprint density at radius 2 is 1.18 bits per heavy atom. The molecule has 0 radical (unpaired) electrons. The minimum atomic E-state index is -4.72. The van der Waals surface area contributed by atoms with Crippen molar-refractivity contribution in [3.05, 3.63) is 0 Å². The number of carboxylic acids is 2. The van der Waals surface area contributed by atoms with Crippen molar-refractivity contribution in [1.29, 1.82) is 0 Å². The van der Waals surface area contributed by atoms with Gasteiger partial charge >= 0.3 is 11.9 Å². The van der Waals surface area contributed by atoms with E-state index in [1.165, 1.54) is 0 Å². The molecule has 280 valence electrons. The summed E-state index contributed by atoms with van der Waals surface area (Å²) in [6.45, 7) is 2.90. The molecule has 0 heterocycles. The van der Waals surface area contributed by atoms with Gasteiger partial charge in [0.1, 0.15) is 30.5 Å². The lowest BCUT2D eigenvalue weighted by Gasteiger charge is -2.20. The third-order valence-electron chi connectivity index (χ3n) is 6.07. The Morgan fingerprint density at radius 1 is 0.633 bits per heavy atom. The predicted octanol–water partition coefficient (Wildman–Crippen LogP) is -3.74. The molecule has 0 aromatic rings. The van der Waals surface area contributed by atoms with Crippen molar-refractivity contribution < 1.29 is 71.0 Å². The molecule has 0 bridgehead atoms. The Morgan fingerprint density at radius 3 is 1.73 bits per heavy atom. The second kappa shape index (κ2) is 24.7. The van der Waals surface area contributed by atoms with E-state index in [0.717, 1.165) is 0 Å². The van der Waals surface area contributed by atoms with E-state index in [0.29, 0.717) is 13.0 Å². The number of aliphatic carboxylic acids is 2. The zero-order valence-corrected chi connectivity index (χ0v) is 28.1. The van der Waals surface area contributed by atoms with Gasteiger partial charge in [-0.25, -0.2) is 9.59 Å². The maximum atomic E-state index is 12.5. The van der Waals surface area contributed by atoms with Gasteiger partial charge in [0.25, 0.3) is 10.1 Å². The molecule has 0 fully saturated rings. The van der Waals surface area contributed by atoms with Gasteiger partial charge in [0, 0.05) is 32.4 Å². The van der Waals surface area contributed by atoms with Crippen LogP contribution in [0.2, 0.25) is 0 Å². The summed E-state index contributed by atoms with van der Waals surface area (Å²) < 4.78 is 42.0. The normalized spacial score (nSPS) is 12.8. The van der Waals surface area contributed by atoms with Crippen molar-refractivity contribution >= 4 is 57.5 Å². The minimum absolute atomic E-state index is 0.000452. The monoisotopic (exact) mass is 726 g/mol. The molecule has 0 aliphatic heterocycles. The molecule has 9 N–H and O–H groups in total. The Balaban J connectivity index is 4.38. The SMILES string of the molecule is CCCC(=O)NC(CS(=O)(=O)O)C(=O)NC(CCC(=O)NCCOCCOCC(=O)NC(CCC(=O)NCC(=O)NCC)C(=O)O)C(=O)O. The van der Waals surface area contributed by atoms with Crippen LogP contribution in [-0.4, -0.2) is 141 Å². The number of hydrogen-bond donors (Lipinski definition) is 9. The zero-order chi connectivity index (χ0) is 37.4. The number of carbonyl (C=O) groups is 8. The third kappa shape index (κ3) is 23.5. The van der Waals surface area contributed by atoms with Gasteiger partial charge in [0.05, 0.1) is 26.4 Å². The fourth-order valence-electron chi connectivity index (χ4n) is 3.72. The highest BCUT2D eigenvalue weighted by molar-refractivity contribution is 7.85. The van der Waals surface area contributed by atoms with Crippen molar-refractivity contribution in [2.75, 3.05) is 51.8 Å². The van der Waals surface area contributed by atoms with Crippen LogP contribution in [0.5, 0.6) is 0 Å². The smallest absolute Gasteiger partial charge is 0.326 e. The van der Waals surface area contributed by atoms with Crippen molar-refractivity contribution in [3.8, 4) is 0 Å². The number of ether oxygens (including phenoxy) is 2. The first-order valence-electron chi connectivity index (χ1n) is 15.2. The third-order valence-corrected chi connectivity index (χ3v) is 6.82. The van der Waals surface area contributed by atoms with Crippen LogP contribution in [0.3, 0.4) is 0 Å². The Labute approximate surface area is 282 Å². The largest absolute Gasteiger partial charge is 0.480 e. The average molecular weight is 727 g/mol. The van der Waals surface area contributed by atoms with Crippen molar-refractivity contribution in [1.82, 2.24) is 31.9 Å². The molecule has 22 heteroatoms. The van der Waals surface area contributed by atoms with Crippen LogP contribution in [0.4, 0.5) is 0 Å². The summed E-state index contributed by atoms with van der Waals surface area (Å²) in [5.41, 5.74) is 0. The predicted molar refractivity (Wildman–Crippen MR) is 167 cm³/mol. The van der Waals surface area contributed by atoms with Crippen LogP contribution < -0.4 is 31.9 Å². The lowest BCUT2D eigenvalue weighted by atomic mass is 10.1. The molecular weight excluding hydrogens is 680 g/mol. The number of carbonyl (C=O) groups excluding carboxylic acids is 6. The summed E-state index contributed by atoms with van der Waals surface area (Å²) >= 11 is 0. The summed E-state index contributed by atoms with van der Waals surface area (Å²) in [5.74, 6) is -8.27. The van der Waals surface area contributed by atoms with Gasteiger partial charge in [0.15, 0.2) is 0 Å². The highest BCUT2D eigenvalue weighted by Crippen LogP contribution is 2.02. The van der Waals surface area contributed by atoms with Crippen LogP contribution in [0.15, 0.2) is 0 Å². The second-order valence-corrected chi connectivity index (χ2v) is 11.8. The van der Waals surface area contributed by atoms with Crippen LogP contribution in [0.25, 0.3) is 0 Å². The van der Waals surface area contributed by atoms with E-state index in [2.05, 4.69) is 31.9 Å². The summed E-state index contributed by atoms with van der Waals surface area (Å²) in [5, 5.41) is 32.4. The molecule has 0 aromatic heterocycles. The van der Waals surface area contributed by atoms with Crippen LogP contribution in [0.1, 0.15) is 52.4 Å². The molecule has 0 spiro atoms. The van der Waals surface area contributed by atoms with Gasteiger partial charge in [0.2, 0.25) is 35.4 Å². The van der Waals surface area contributed by atoms with Gasteiger partial charge in [-0.3, -0.25) is 33.3 Å². The molecule has 0 aromatic carbocycles. The Hall–Kier alpha value is -4.41. The molecule has 3 unspecified atom stereocenters. The quantitative estimate of drug-likeness (QED) is 0.0290. The summed E-state index contributed by atoms with van der Waals surface area (Å²) in [4.78, 5) is 94.6. The van der Waals surface area contributed by atoms with Gasteiger partial charge in [-0.1, -0.05) is 6.92 Å². The first kappa shape index (κ1) is 44.6. The number of nitrogens with one attached hydrogen (secondary N) is 6. The number of likely N-dealkylation sites (N-methyl/N-ethyl adjacent to an activating group) is 1. The number of hydrogen-bond acceptors (Lipinski definition) is 12. The number of carboxylic acid groups (broad SMARTS) is 2. The maximum absolute atomic E-state index is 12.5. The fraction of sp³-hybridized carbons (Fsp3) is 0.704. The average Bonchev–Trinajstić information content (AvgIpc) is 3.00. The van der Waals surface area contributed by atoms with Crippen LogP contribution >= 0.6 is 0 Å². The topological polar surface area (TPSA) is 322 Å². The lowest BCUT2D eigenvalue weighted by Crippen LogP contribution is -2.54. The van der Waals surface area contributed by atoms with E-state index in [1.807, 2.05) is 0 Å². The van der Waals surface area contributed by atoms with E-state index >= 15 is 0 Å². The van der Waals surface area contributed by atoms with Gasteiger partial charge in [-0.2, -0.15) is 8.42 Å². The van der Waals surface area contributed by atoms with Crippen LogP contribution in [-0.2, 0) is 57.9 Å². The zero-order valence-electron chi connectivity index (χ0n) is 27.3. The minimum Gasteiger partial charge on any atom is -0.480 e. The van der Waals surface area contributed by atoms with E-state index in [1.54, 1.807) is 13.8 Å². The molecule has 49 heavy (non-hydrogen) atoms. The van der Waals surface area contributed by atoms with Gasteiger partial charge in [-0.15, -0.1) is 0 Å². The van der Waals surface area contributed by atoms with Crippen LogP contribution in [0, 0.1) is 0 Å². The molecule has 3 atom stereocenters. The van der Waals surface area contributed by atoms with Gasteiger partial charge in [-0.05, 0) is 26.2 Å². The summed E-state index contributed by atoms with van der Waals surface area (Å²) in [7, 11) is -4.72. The molecule has 21 nitrogen and oxygen atoms in total. The Kier molecular flexibility index (Phi) is 22.5. The number of amides is 6. The molecule has 0 saturated carbocycles. The molecule has 0 aliphatic carbocycles. The fourth-order valence-corrected chi connectivity index (χ4v) is 4.38. The highest BCUT2D eigenvalue weighted by Gasteiger charge is 2.30. The maximum Gasteiger partial charge on any atom is 0.326 e. The molecule has 0 rings (SSSR count). The summed E-state index contributed by atoms with van der Waals surface area (Å²) in [6.07, 6.45) is -0.896. The standard InChI is InChI=1S/C27H46N6O15S/c1-3-5-22(36)32-19(16-49(44,45)46)25(39)33-18(27(42)43)7-8-20(34)29-10-11-47-12-13-48-15-24(38)31-17(26(40)41)6-9-21(35)30-14-23(37)28-4-2/h17-19H,3-16H2,1-2H3,(H,28,37)(H,29,34)(H,30,35)(H,31,38)(H,32,36)(H,33,39)(H,40,41)(H,42,43)(H,44,45,46). The molecule has 6 amide bonds. The molecule has 0 aliphatic rings. The molecule has 0 saturated heterocycles. The lowest BCUT2D eigenvalue weighted by molar-refractivity contribution is -0.143. The highest BCUT2D eigenvalue weighted by atomic mass is 32.2. The van der Waals surface area contributed by atoms with Crippen molar-refractivity contribution in [2.24, 2.45) is 0 Å². The van der Waals surface area contributed by atoms with E-state index in [-0.39, 0.29) is 58.6 Å².